The van der Waals surface area contributed by atoms with Gasteiger partial charge in [0.15, 0.2) is 0 Å². The summed E-state index contributed by atoms with van der Waals surface area (Å²) in [5.74, 6) is 0.877. The topological polar surface area (TPSA) is 81.8 Å². The van der Waals surface area contributed by atoms with Gasteiger partial charge < -0.3 is 4.57 Å². The molecule has 154 valence electrons. The Labute approximate surface area is 176 Å². The van der Waals surface area contributed by atoms with Crippen LogP contribution in [0, 0.1) is 13.8 Å². The Morgan fingerprint density at radius 1 is 0.933 bits per heavy atom. The van der Waals surface area contributed by atoms with E-state index in [1.54, 1.807) is 37.0 Å². The number of rotatable bonds is 5. The number of nitrogens with one attached hydrogen (secondary N) is 1. The quantitative estimate of drug-likeness (QED) is 0.530. The predicted octanol–water partition coefficient (Wildman–Crippen LogP) is 3.91. The molecule has 0 aliphatic carbocycles. The van der Waals surface area contributed by atoms with Crippen molar-refractivity contribution in [2.24, 2.45) is 14.1 Å². The minimum Gasteiger partial charge on any atom is -0.334 e. The molecule has 0 spiro atoms. The van der Waals surface area contributed by atoms with Gasteiger partial charge in [-0.15, -0.1) is 0 Å². The molecular weight excluding hydrogens is 398 g/mol. The Hall–Kier alpha value is -3.39. The molecular formula is C22H23N5O2S. The zero-order chi connectivity index (χ0) is 21.5. The molecule has 0 bridgehead atoms. The molecule has 30 heavy (non-hydrogen) atoms. The van der Waals surface area contributed by atoms with Crippen LogP contribution in [-0.4, -0.2) is 27.7 Å². The highest BCUT2D eigenvalue weighted by Gasteiger charge is 2.19. The number of aryl methyl sites for hydroxylation is 3. The number of aromatic nitrogens is 4. The molecule has 2 aromatic carbocycles. The molecule has 7 nitrogen and oxygen atoms in total. The number of sulfonamides is 1. The van der Waals surface area contributed by atoms with Gasteiger partial charge in [-0.25, -0.2) is 13.4 Å². The van der Waals surface area contributed by atoms with Gasteiger partial charge in [0.05, 0.1) is 22.0 Å². The molecule has 2 aromatic heterocycles. The zero-order valence-corrected chi connectivity index (χ0v) is 18.1. The van der Waals surface area contributed by atoms with E-state index in [-0.39, 0.29) is 4.90 Å². The Morgan fingerprint density at radius 3 is 2.23 bits per heavy atom. The summed E-state index contributed by atoms with van der Waals surface area (Å²) >= 11 is 0. The highest BCUT2D eigenvalue weighted by molar-refractivity contribution is 7.92. The summed E-state index contributed by atoms with van der Waals surface area (Å²) in [6.07, 6.45) is 3.67. The monoisotopic (exact) mass is 421 g/mol. The third-order valence-corrected chi connectivity index (χ3v) is 6.55. The van der Waals surface area contributed by atoms with Crippen LogP contribution in [0.3, 0.4) is 0 Å². The molecule has 0 saturated heterocycles. The first-order valence-electron chi connectivity index (χ1n) is 9.47. The summed E-state index contributed by atoms with van der Waals surface area (Å²) in [5, 5.41) is 4.26. The second kappa shape index (κ2) is 7.46. The lowest BCUT2D eigenvalue weighted by molar-refractivity contribution is 0.601. The Bertz CT molecular complexity index is 1320. The van der Waals surface area contributed by atoms with Crippen molar-refractivity contribution >= 4 is 15.7 Å². The van der Waals surface area contributed by atoms with E-state index in [1.807, 2.05) is 61.1 Å². The lowest BCUT2D eigenvalue weighted by atomic mass is 10.0. The fourth-order valence-electron chi connectivity index (χ4n) is 3.42. The minimum atomic E-state index is -3.71. The molecule has 0 saturated carbocycles. The van der Waals surface area contributed by atoms with Crippen LogP contribution in [0.15, 0.2) is 65.8 Å². The van der Waals surface area contributed by atoms with Gasteiger partial charge in [0.1, 0.15) is 5.82 Å². The fraction of sp³-hybridized carbons (Fsp3) is 0.182. The van der Waals surface area contributed by atoms with E-state index in [0.717, 1.165) is 28.2 Å². The summed E-state index contributed by atoms with van der Waals surface area (Å²) in [6.45, 7) is 3.61. The van der Waals surface area contributed by atoms with Crippen LogP contribution in [0.2, 0.25) is 0 Å². The molecule has 1 N–H and O–H groups in total. The van der Waals surface area contributed by atoms with Gasteiger partial charge in [-0.2, -0.15) is 5.10 Å². The van der Waals surface area contributed by atoms with Crippen molar-refractivity contribution in [3.8, 4) is 22.5 Å². The maximum Gasteiger partial charge on any atom is 0.262 e. The summed E-state index contributed by atoms with van der Waals surface area (Å²) in [5.41, 5.74) is 4.84. The molecule has 0 aliphatic rings. The summed E-state index contributed by atoms with van der Waals surface area (Å²) in [4.78, 5) is 4.59. The molecule has 0 fully saturated rings. The van der Waals surface area contributed by atoms with Gasteiger partial charge >= 0.3 is 0 Å². The first-order chi connectivity index (χ1) is 14.3. The van der Waals surface area contributed by atoms with E-state index in [4.69, 9.17) is 0 Å². The van der Waals surface area contributed by atoms with Gasteiger partial charge in [0.25, 0.3) is 10.0 Å². The maximum absolute atomic E-state index is 12.9. The van der Waals surface area contributed by atoms with E-state index in [9.17, 15) is 8.42 Å². The van der Waals surface area contributed by atoms with Crippen LogP contribution in [0.25, 0.3) is 22.5 Å². The van der Waals surface area contributed by atoms with Crippen LogP contribution in [-0.2, 0) is 24.1 Å². The number of nitrogens with zero attached hydrogens (tertiary/aromatic N) is 4. The average molecular weight is 422 g/mol. The standard InChI is InChI=1S/C22H23N5O2S/c1-15-21(16(2)27(4)24-15)25-30(28,29)20-10-8-17(9-11-20)18-6-5-7-19(14-18)22-23-12-13-26(22)3/h5-14,25H,1-4H3. The largest absolute Gasteiger partial charge is 0.334 e. The second-order valence-electron chi connectivity index (χ2n) is 7.24. The highest BCUT2D eigenvalue weighted by Crippen LogP contribution is 2.27. The SMILES string of the molecule is Cc1nn(C)c(C)c1NS(=O)(=O)c1ccc(-c2cccc(-c3nccn3C)c2)cc1. The van der Waals surface area contributed by atoms with E-state index < -0.39 is 10.0 Å². The minimum absolute atomic E-state index is 0.203. The van der Waals surface area contributed by atoms with Gasteiger partial charge in [0.2, 0.25) is 0 Å². The molecule has 8 heteroatoms. The molecule has 0 aliphatic heterocycles. The third-order valence-electron chi connectivity index (χ3n) is 5.19. The van der Waals surface area contributed by atoms with Gasteiger partial charge in [-0.3, -0.25) is 9.40 Å². The maximum atomic E-state index is 12.9. The van der Waals surface area contributed by atoms with Crippen molar-refractivity contribution in [2.75, 3.05) is 4.72 Å². The number of hydrogen-bond donors (Lipinski definition) is 1. The van der Waals surface area contributed by atoms with Crippen molar-refractivity contribution in [3.05, 3.63) is 72.3 Å². The Balaban J connectivity index is 1.62. The number of hydrogen-bond acceptors (Lipinski definition) is 4. The van der Waals surface area contributed by atoms with Crippen molar-refractivity contribution in [1.29, 1.82) is 0 Å². The Morgan fingerprint density at radius 2 is 1.63 bits per heavy atom. The third kappa shape index (κ3) is 3.61. The number of benzene rings is 2. The lowest BCUT2D eigenvalue weighted by Crippen LogP contribution is -2.14. The summed E-state index contributed by atoms with van der Waals surface area (Å²) < 4.78 is 32.0. The first kappa shape index (κ1) is 19.9. The van der Waals surface area contributed by atoms with Crippen molar-refractivity contribution in [3.63, 3.8) is 0 Å². The molecule has 0 unspecified atom stereocenters. The number of anilines is 1. The molecule has 4 aromatic rings. The van der Waals surface area contributed by atoms with Crippen LogP contribution >= 0.6 is 0 Å². The van der Waals surface area contributed by atoms with Crippen LogP contribution in [0.1, 0.15) is 11.4 Å². The van der Waals surface area contributed by atoms with Crippen molar-refractivity contribution < 1.29 is 8.42 Å². The van der Waals surface area contributed by atoms with Crippen LogP contribution < -0.4 is 4.72 Å². The fourth-order valence-corrected chi connectivity index (χ4v) is 4.60. The molecule has 4 rings (SSSR count). The Kier molecular flexibility index (Phi) is 4.95. The molecule has 0 radical (unpaired) electrons. The van der Waals surface area contributed by atoms with Crippen LogP contribution in [0.4, 0.5) is 5.69 Å². The van der Waals surface area contributed by atoms with Crippen LogP contribution in [0.5, 0.6) is 0 Å². The predicted molar refractivity (Wildman–Crippen MR) is 118 cm³/mol. The van der Waals surface area contributed by atoms with Crippen molar-refractivity contribution in [1.82, 2.24) is 19.3 Å². The molecule has 0 amide bonds. The second-order valence-corrected chi connectivity index (χ2v) is 8.92. The smallest absolute Gasteiger partial charge is 0.262 e. The number of imidazole rings is 1. The van der Waals surface area contributed by atoms with E-state index in [1.165, 1.54) is 0 Å². The lowest BCUT2D eigenvalue weighted by Gasteiger charge is -2.10. The van der Waals surface area contributed by atoms with E-state index >= 15 is 0 Å². The van der Waals surface area contributed by atoms with Gasteiger partial charge in [-0.05, 0) is 43.2 Å². The summed E-state index contributed by atoms with van der Waals surface area (Å²) in [7, 11) is 0.0276. The average Bonchev–Trinajstić information content (AvgIpc) is 3.26. The molecule has 0 atom stereocenters. The molecule has 2 heterocycles. The van der Waals surface area contributed by atoms with E-state index in [0.29, 0.717) is 11.4 Å². The normalized spacial score (nSPS) is 11.6. The summed E-state index contributed by atoms with van der Waals surface area (Å²) in [6, 6.07) is 14.9. The highest BCUT2D eigenvalue weighted by atomic mass is 32.2. The zero-order valence-electron chi connectivity index (χ0n) is 17.3. The van der Waals surface area contributed by atoms with Crippen molar-refractivity contribution in [2.45, 2.75) is 18.7 Å². The van der Waals surface area contributed by atoms with Gasteiger partial charge in [0, 0.05) is 32.1 Å². The first-order valence-corrected chi connectivity index (χ1v) is 11.0. The van der Waals surface area contributed by atoms with Gasteiger partial charge in [-0.1, -0.05) is 30.3 Å². The van der Waals surface area contributed by atoms with E-state index in [2.05, 4.69) is 14.8 Å².